The van der Waals surface area contributed by atoms with Gasteiger partial charge in [-0.3, -0.25) is 0 Å². The van der Waals surface area contributed by atoms with Crippen LogP contribution in [0.15, 0.2) is 23.1 Å². The Labute approximate surface area is 158 Å². The van der Waals surface area contributed by atoms with Crippen LogP contribution >= 0.6 is 23.2 Å². The summed E-state index contributed by atoms with van der Waals surface area (Å²) in [5.74, 6) is 0. The van der Waals surface area contributed by atoms with Gasteiger partial charge in [0.15, 0.2) is 0 Å². The molecule has 0 saturated carbocycles. The molecule has 1 heterocycles. The van der Waals surface area contributed by atoms with Crippen LogP contribution in [0.2, 0.25) is 10.0 Å². The zero-order chi connectivity index (χ0) is 18.8. The maximum absolute atomic E-state index is 12.8. The molecular weight excluding hydrogens is 387 g/mol. The fourth-order valence-corrected chi connectivity index (χ4v) is 4.29. The summed E-state index contributed by atoms with van der Waals surface area (Å²) >= 11 is 11.8. The maximum Gasteiger partial charge on any atom is 0.410 e. The highest BCUT2D eigenvalue weighted by Crippen LogP contribution is 2.27. The van der Waals surface area contributed by atoms with Gasteiger partial charge in [-0.25, -0.2) is 13.2 Å². The second-order valence-electron chi connectivity index (χ2n) is 6.80. The number of carbonyl (C=O) groups is 1. The molecule has 1 aliphatic rings. The highest BCUT2D eigenvalue weighted by Gasteiger charge is 2.30. The maximum atomic E-state index is 12.8. The number of nitrogens with zero attached hydrogens (tertiary/aromatic N) is 2. The first-order chi connectivity index (χ1) is 11.5. The van der Waals surface area contributed by atoms with Gasteiger partial charge in [-0.2, -0.15) is 4.31 Å². The van der Waals surface area contributed by atoms with Crippen molar-refractivity contribution < 1.29 is 17.9 Å². The minimum atomic E-state index is -3.70. The Balaban J connectivity index is 2.11. The predicted molar refractivity (Wildman–Crippen MR) is 97.6 cm³/mol. The second kappa shape index (κ2) is 7.70. The van der Waals surface area contributed by atoms with Crippen molar-refractivity contribution in [2.24, 2.45) is 0 Å². The second-order valence-corrected chi connectivity index (χ2v) is 9.55. The monoisotopic (exact) mass is 408 g/mol. The van der Waals surface area contributed by atoms with Crippen molar-refractivity contribution in [3.05, 3.63) is 28.2 Å². The first-order valence-corrected chi connectivity index (χ1v) is 10.1. The summed E-state index contributed by atoms with van der Waals surface area (Å²) in [6.07, 6.45) is 0.0982. The molecule has 0 unspecified atom stereocenters. The molecule has 1 saturated heterocycles. The van der Waals surface area contributed by atoms with Gasteiger partial charge in [0.1, 0.15) is 5.60 Å². The minimum Gasteiger partial charge on any atom is -0.444 e. The van der Waals surface area contributed by atoms with E-state index in [1.807, 2.05) is 0 Å². The number of hydrogen-bond donors (Lipinski definition) is 0. The van der Waals surface area contributed by atoms with Crippen LogP contribution in [0.25, 0.3) is 0 Å². The van der Waals surface area contributed by atoms with Crippen molar-refractivity contribution in [3.63, 3.8) is 0 Å². The predicted octanol–water partition coefficient (Wildman–Crippen LogP) is 3.62. The zero-order valence-electron chi connectivity index (χ0n) is 14.5. The van der Waals surface area contributed by atoms with E-state index in [0.29, 0.717) is 24.5 Å². The molecule has 0 atom stereocenters. The number of halogens is 2. The third-order valence-electron chi connectivity index (χ3n) is 3.64. The first kappa shape index (κ1) is 20.3. The Morgan fingerprint density at radius 2 is 1.76 bits per heavy atom. The molecule has 1 aromatic carbocycles. The third kappa shape index (κ3) is 5.23. The van der Waals surface area contributed by atoms with Gasteiger partial charge in [-0.15, -0.1) is 0 Å². The third-order valence-corrected chi connectivity index (χ3v) is 6.27. The summed E-state index contributed by atoms with van der Waals surface area (Å²) in [6, 6.07) is 4.23. The van der Waals surface area contributed by atoms with Crippen molar-refractivity contribution >= 4 is 39.3 Å². The molecule has 0 spiro atoms. The molecule has 0 aromatic heterocycles. The molecule has 1 aromatic rings. The van der Waals surface area contributed by atoms with Crippen LogP contribution in [-0.2, 0) is 14.8 Å². The number of rotatable bonds is 2. The Hall–Kier alpha value is -1.02. The van der Waals surface area contributed by atoms with Crippen LogP contribution < -0.4 is 0 Å². The molecule has 2 rings (SSSR count). The highest BCUT2D eigenvalue weighted by molar-refractivity contribution is 7.89. The summed E-state index contributed by atoms with van der Waals surface area (Å²) in [5, 5.41) is 0.487. The molecule has 1 amide bonds. The van der Waals surface area contributed by atoms with Crippen LogP contribution in [0.4, 0.5) is 4.79 Å². The Morgan fingerprint density at radius 1 is 1.08 bits per heavy atom. The molecule has 1 aliphatic heterocycles. The van der Waals surface area contributed by atoms with Crippen LogP contribution in [0.1, 0.15) is 27.2 Å². The standard InChI is InChI=1S/C16H22Cl2N2O4S/c1-16(2,3)24-15(21)19-7-4-8-20(10-9-19)25(22,23)12-5-6-13(17)14(18)11-12/h5-6,11H,4,7-10H2,1-3H3. The normalized spacial score (nSPS) is 17.2. The van der Waals surface area contributed by atoms with E-state index in [1.165, 1.54) is 27.4 Å². The average molecular weight is 409 g/mol. The molecule has 25 heavy (non-hydrogen) atoms. The molecule has 0 radical (unpaired) electrons. The molecule has 140 valence electrons. The van der Waals surface area contributed by atoms with Gasteiger partial charge in [-0.05, 0) is 45.4 Å². The van der Waals surface area contributed by atoms with E-state index in [1.54, 1.807) is 20.8 Å². The van der Waals surface area contributed by atoms with Crippen molar-refractivity contribution in [1.29, 1.82) is 0 Å². The van der Waals surface area contributed by atoms with Crippen LogP contribution in [-0.4, -0.2) is 55.5 Å². The van der Waals surface area contributed by atoms with Crippen LogP contribution in [0.3, 0.4) is 0 Å². The van der Waals surface area contributed by atoms with Gasteiger partial charge < -0.3 is 9.64 Å². The number of ether oxygens (including phenoxy) is 1. The molecule has 9 heteroatoms. The lowest BCUT2D eigenvalue weighted by Gasteiger charge is -2.26. The van der Waals surface area contributed by atoms with Crippen molar-refractivity contribution in [3.8, 4) is 0 Å². The molecule has 0 bridgehead atoms. The summed E-state index contributed by atoms with van der Waals surface area (Å²) in [5.41, 5.74) is -0.588. The van der Waals surface area contributed by atoms with E-state index in [0.717, 1.165) is 0 Å². The number of benzene rings is 1. The number of sulfonamides is 1. The zero-order valence-corrected chi connectivity index (χ0v) is 16.8. The molecular formula is C16H22Cl2N2O4S. The lowest BCUT2D eigenvalue weighted by Crippen LogP contribution is -2.40. The van der Waals surface area contributed by atoms with Gasteiger partial charge in [-0.1, -0.05) is 23.2 Å². The fraction of sp³-hybridized carbons (Fsp3) is 0.562. The quantitative estimate of drug-likeness (QED) is 0.748. The first-order valence-electron chi connectivity index (χ1n) is 7.94. The van der Waals surface area contributed by atoms with Gasteiger partial charge >= 0.3 is 6.09 Å². The van der Waals surface area contributed by atoms with Crippen LogP contribution in [0, 0.1) is 0 Å². The minimum absolute atomic E-state index is 0.0904. The van der Waals surface area contributed by atoms with E-state index in [4.69, 9.17) is 27.9 Å². The summed E-state index contributed by atoms with van der Waals surface area (Å²) in [4.78, 5) is 13.8. The van der Waals surface area contributed by atoms with E-state index in [9.17, 15) is 13.2 Å². The SMILES string of the molecule is CC(C)(C)OC(=O)N1CCCN(S(=O)(=O)c2ccc(Cl)c(Cl)c2)CC1. The summed E-state index contributed by atoms with van der Waals surface area (Å²) < 4.78 is 32.3. The van der Waals surface area contributed by atoms with Gasteiger partial charge in [0.05, 0.1) is 14.9 Å². The Morgan fingerprint density at radius 3 is 2.36 bits per heavy atom. The van der Waals surface area contributed by atoms with Gasteiger partial charge in [0.25, 0.3) is 0 Å². The number of hydrogen-bond acceptors (Lipinski definition) is 4. The topological polar surface area (TPSA) is 66.9 Å². The summed E-state index contributed by atoms with van der Waals surface area (Å²) in [6.45, 7) is 6.62. The van der Waals surface area contributed by atoms with Gasteiger partial charge in [0, 0.05) is 26.2 Å². The number of amides is 1. The van der Waals surface area contributed by atoms with Gasteiger partial charge in [0.2, 0.25) is 10.0 Å². The van der Waals surface area contributed by atoms with E-state index in [2.05, 4.69) is 0 Å². The summed E-state index contributed by atoms with van der Waals surface area (Å²) in [7, 11) is -3.70. The molecule has 6 nitrogen and oxygen atoms in total. The Kier molecular flexibility index (Phi) is 6.25. The van der Waals surface area contributed by atoms with E-state index < -0.39 is 21.7 Å². The van der Waals surface area contributed by atoms with Crippen LogP contribution in [0.5, 0.6) is 0 Å². The smallest absolute Gasteiger partial charge is 0.410 e. The van der Waals surface area contributed by atoms with E-state index in [-0.39, 0.29) is 23.0 Å². The van der Waals surface area contributed by atoms with E-state index >= 15 is 0 Å². The lowest BCUT2D eigenvalue weighted by molar-refractivity contribution is 0.0260. The van der Waals surface area contributed by atoms with Crippen molar-refractivity contribution in [2.45, 2.75) is 37.7 Å². The Bertz CT molecular complexity index is 747. The largest absolute Gasteiger partial charge is 0.444 e. The number of carbonyl (C=O) groups excluding carboxylic acids is 1. The van der Waals surface area contributed by atoms with Crippen molar-refractivity contribution in [2.75, 3.05) is 26.2 Å². The molecule has 1 fully saturated rings. The fourth-order valence-electron chi connectivity index (χ4n) is 2.43. The molecule has 0 aliphatic carbocycles. The van der Waals surface area contributed by atoms with Crippen molar-refractivity contribution in [1.82, 2.24) is 9.21 Å². The highest BCUT2D eigenvalue weighted by atomic mass is 35.5. The average Bonchev–Trinajstić information content (AvgIpc) is 2.74. The lowest BCUT2D eigenvalue weighted by atomic mass is 10.2. The molecule has 0 N–H and O–H groups in total.